The van der Waals surface area contributed by atoms with Crippen LogP contribution >= 0.6 is 0 Å². The molecule has 0 spiro atoms. The summed E-state index contributed by atoms with van der Waals surface area (Å²) >= 11 is 0. The smallest absolute Gasteiger partial charge is 0.291 e. The highest BCUT2D eigenvalue weighted by molar-refractivity contribution is 5.80. The maximum Gasteiger partial charge on any atom is 0.291 e. The second kappa shape index (κ2) is 4.88. The third-order valence-corrected chi connectivity index (χ3v) is 2.60. The highest BCUT2D eigenvalue weighted by Gasteiger charge is 2.27. The van der Waals surface area contributed by atoms with E-state index in [0.717, 1.165) is 5.69 Å². The predicted molar refractivity (Wildman–Crippen MR) is 66.9 cm³/mol. The van der Waals surface area contributed by atoms with E-state index in [2.05, 4.69) is 5.10 Å². The van der Waals surface area contributed by atoms with Crippen LogP contribution in [-0.4, -0.2) is 41.3 Å². The molecule has 0 saturated carbocycles. The van der Waals surface area contributed by atoms with Crippen LogP contribution in [0.3, 0.4) is 0 Å². The molecule has 96 valence electrons. The van der Waals surface area contributed by atoms with Gasteiger partial charge in [0.05, 0.1) is 6.67 Å². The van der Waals surface area contributed by atoms with Gasteiger partial charge in [-0.2, -0.15) is 0 Å². The van der Waals surface area contributed by atoms with Gasteiger partial charge in [0.2, 0.25) is 0 Å². The van der Waals surface area contributed by atoms with E-state index in [-0.39, 0.29) is 5.96 Å². The summed E-state index contributed by atoms with van der Waals surface area (Å²) in [5.74, 6) is 5.91. The average molecular weight is 250 g/mol. The quantitative estimate of drug-likeness (QED) is 0.454. The van der Waals surface area contributed by atoms with Crippen LogP contribution in [0.1, 0.15) is 0 Å². The Kier molecular flexibility index (Phi) is 3.28. The van der Waals surface area contributed by atoms with E-state index >= 15 is 0 Å². The Labute approximate surface area is 104 Å². The molecule has 8 heteroatoms. The standard InChI is InChI=1S/C10H14N6O2/c1-13-7-14(9-5-3-2-4-6-9)8-15(11)10(13)12-16(17)18/h2-6H,7-8,11H2,1H3/b12-10+. The summed E-state index contributed by atoms with van der Waals surface area (Å²) in [6.45, 7) is 0.839. The molecular weight excluding hydrogens is 236 g/mol. The summed E-state index contributed by atoms with van der Waals surface area (Å²) < 4.78 is 0. The number of hydrazine groups is 1. The van der Waals surface area contributed by atoms with Crippen LogP contribution in [0.15, 0.2) is 35.4 Å². The van der Waals surface area contributed by atoms with Crippen molar-refractivity contribution in [3.8, 4) is 0 Å². The lowest BCUT2D eigenvalue weighted by Gasteiger charge is -2.40. The van der Waals surface area contributed by atoms with Crippen molar-refractivity contribution in [2.24, 2.45) is 10.9 Å². The number of para-hydroxylation sites is 1. The van der Waals surface area contributed by atoms with Crippen LogP contribution in [0, 0.1) is 10.1 Å². The number of nitrogens with zero attached hydrogens (tertiary/aromatic N) is 5. The molecule has 0 radical (unpaired) electrons. The summed E-state index contributed by atoms with van der Waals surface area (Å²) in [5.41, 5.74) is 1.000. The Balaban J connectivity index is 2.17. The molecule has 8 nitrogen and oxygen atoms in total. The van der Waals surface area contributed by atoms with Crippen molar-refractivity contribution in [3.63, 3.8) is 0 Å². The zero-order valence-corrected chi connectivity index (χ0v) is 9.93. The third kappa shape index (κ3) is 2.48. The Hall–Kier alpha value is -2.35. The Morgan fingerprint density at radius 1 is 1.33 bits per heavy atom. The largest absolute Gasteiger partial charge is 0.335 e. The monoisotopic (exact) mass is 250 g/mol. The van der Waals surface area contributed by atoms with Crippen LogP contribution in [0.25, 0.3) is 0 Å². The van der Waals surface area contributed by atoms with E-state index in [4.69, 9.17) is 5.84 Å². The minimum atomic E-state index is -0.746. The maximum absolute atomic E-state index is 10.4. The maximum atomic E-state index is 10.4. The molecule has 0 amide bonds. The Morgan fingerprint density at radius 2 is 2.00 bits per heavy atom. The molecule has 0 aliphatic carbocycles. The van der Waals surface area contributed by atoms with Gasteiger partial charge in [0.15, 0.2) is 5.03 Å². The molecule has 1 aromatic rings. The number of anilines is 1. The first-order valence-corrected chi connectivity index (χ1v) is 5.34. The van der Waals surface area contributed by atoms with Gasteiger partial charge in [0.25, 0.3) is 5.96 Å². The van der Waals surface area contributed by atoms with Crippen molar-refractivity contribution >= 4 is 11.6 Å². The molecule has 1 saturated heterocycles. The summed E-state index contributed by atoms with van der Waals surface area (Å²) in [4.78, 5) is 14.0. The van der Waals surface area contributed by atoms with Crippen LogP contribution in [-0.2, 0) is 0 Å². The minimum Gasteiger partial charge on any atom is -0.335 e. The fourth-order valence-electron chi connectivity index (χ4n) is 1.84. The molecule has 0 bridgehead atoms. The van der Waals surface area contributed by atoms with Crippen molar-refractivity contribution in [3.05, 3.63) is 40.4 Å². The molecule has 0 unspecified atom stereocenters. The normalized spacial score (nSPS) is 18.3. The van der Waals surface area contributed by atoms with E-state index in [0.29, 0.717) is 13.3 Å². The van der Waals surface area contributed by atoms with Gasteiger partial charge in [0.1, 0.15) is 11.8 Å². The van der Waals surface area contributed by atoms with Crippen LogP contribution in [0.2, 0.25) is 0 Å². The molecule has 0 atom stereocenters. The minimum absolute atomic E-state index is 0.146. The number of nitrogens with two attached hydrogens (primary N) is 1. The first-order valence-electron chi connectivity index (χ1n) is 5.34. The second-order valence-electron chi connectivity index (χ2n) is 3.96. The van der Waals surface area contributed by atoms with Gasteiger partial charge in [-0.3, -0.25) is 5.01 Å². The van der Waals surface area contributed by atoms with Crippen molar-refractivity contribution in [2.75, 3.05) is 25.3 Å². The summed E-state index contributed by atoms with van der Waals surface area (Å²) in [5, 5.41) is 14.2. The first kappa shape index (κ1) is 12.1. The van der Waals surface area contributed by atoms with Gasteiger partial charge in [-0.05, 0) is 12.1 Å². The summed E-state index contributed by atoms with van der Waals surface area (Å²) in [6.07, 6.45) is 0. The van der Waals surface area contributed by atoms with Crippen molar-refractivity contribution in [1.82, 2.24) is 9.91 Å². The topological polar surface area (TPSA) is 91.2 Å². The van der Waals surface area contributed by atoms with Crippen molar-refractivity contribution < 1.29 is 5.03 Å². The van der Waals surface area contributed by atoms with Gasteiger partial charge < -0.3 is 9.80 Å². The van der Waals surface area contributed by atoms with E-state index in [9.17, 15) is 10.1 Å². The zero-order valence-electron chi connectivity index (χ0n) is 9.93. The summed E-state index contributed by atoms with van der Waals surface area (Å²) in [6, 6.07) is 9.69. The van der Waals surface area contributed by atoms with Crippen LogP contribution in [0.4, 0.5) is 5.69 Å². The highest BCUT2D eigenvalue weighted by Crippen LogP contribution is 2.16. The fraction of sp³-hybridized carbons (Fsp3) is 0.300. The lowest BCUT2D eigenvalue weighted by molar-refractivity contribution is -0.486. The summed E-state index contributed by atoms with van der Waals surface area (Å²) in [7, 11) is 1.71. The predicted octanol–water partition coefficient (Wildman–Crippen LogP) is 0.0768. The van der Waals surface area contributed by atoms with Crippen LogP contribution in [0.5, 0.6) is 0 Å². The molecule has 1 fully saturated rings. The lowest BCUT2D eigenvalue weighted by Crippen LogP contribution is -2.60. The lowest BCUT2D eigenvalue weighted by atomic mass is 10.3. The second-order valence-corrected chi connectivity index (χ2v) is 3.96. The Morgan fingerprint density at radius 3 is 2.56 bits per heavy atom. The molecule has 2 N–H and O–H groups in total. The molecule has 18 heavy (non-hydrogen) atoms. The zero-order chi connectivity index (χ0) is 13.1. The number of benzene rings is 1. The van der Waals surface area contributed by atoms with Gasteiger partial charge in [-0.25, -0.2) is 16.0 Å². The molecular formula is C10H14N6O2. The van der Waals surface area contributed by atoms with E-state index in [1.807, 2.05) is 35.2 Å². The van der Waals surface area contributed by atoms with Gasteiger partial charge in [0, 0.05) is 12.7 Å². The molecule has 1 aliphatic rings. The van der Waals surface area contributed by atoms with Gasteiger partial charge in [-0.1, -0.05) is 18.2 Å². The number of nitro groups is 1. The third-order valence-electron chi connectivity index (χ3n) is 2.60. The number of hydrazone groups is 1. The molecule has 0 aromatic heterocycles. The van der Waals surface area contributed by atoms with Crippen LogP contribution < -0.4 is 10.7 Å². The van der Waals surface area contributed by atoms with E-state index < -0.39 is 5.03 Å². The fourth-order valence-corrected chi connectivity index (χ4v) is 1.84. The van der Waals surface area contributed by atoms with E-state index in [1.165, 1.54) is 5.01 Å². The number of rotatable bonds is 2. The highest BCUT2D eigenvalue weighted by atomic mass is 16.7. The van der Waals surface area contributed by atoms with Crippen molar-refractivity contribution in [2.45, 2.75) is 0 Å². The average Bonchev–Trinajstić information content (AvgIpc) is 2.34. The SMILES string of the molecule is CN1CN(c2ccccc2)CN(N)/C1=N/[N+](=O)[O-]. The van der Waals surface area contributed by atoms with Gasteiger partial charge >= 0.3 is 0 Å². The number of hydrogen-bond acceptors (Lipinski definition) is 4. The molecule has 1 heterocycles. The Bertz CT molecular complexity index is 449. The molecule has 2 rings (SSSR count). The van der Waals surface area contributed by atoms with E-state index in [1.54, 1.807) is 11.9 Å². The first-order chi connectivity index (χ1) is 8.58. The molecule has 1 aromatic carbocycles. The molecule has 1 aliphatic heterocycles. The number of guanidine groups is 1. The number of hydrogen-bond donors (Lipinski definition) is 1. The van der Waals surface area contributed by atoms with Gasteiger partial charge in [-0.15, -0.1) is 0 Å². The van der Waals surface area contributed by atoms with Crippen molar-refractivity contribution in [1.29, 1.82) is 0 Å².